The molecule has 0 bridgehead atoms. The molecule has 4 rings (SSSR count). The van der Waals surface area contributed by atoms with Gasteiger partial charge in [0, 0.05) is 18.2 Å². The van der Waals surface area contributed by atoms with E-state index >= 15 is 0 Å². The molecule has 0 aliphatic carbocycles. The maximum absolute atomic E-state index is 6.19. The van der Waals surface area contributed by atoms with Gasteiger partial charge in [-0.05, 0) is 37.9 Å². The molecule has 4 aromatic rings. The fourth-order valence-corrected chi connectivity index (χ4v) is 3.68. The fraction of sp³-hybridized carbons (Fsp3) is 0.208. The number of nitrogens with zero attached hydrogens (tertiary/aromatic N) is 2. The minimum Gasteiger partial charge on any atom is -1.00 e. The lowest BCUT2D eigenvalue weighted by Crippen LogP contribution is -3.00. The van der Waals surface area contributed by atoms with E-state index in [2.05, 4.69) is 103 Å². The van der Waals surface area contributed by atoms with Gasteiger partial charge in [0.15, 0.2) is 5.75 Å². The number of rotatable bonds is 5. The second-order valence-electron chi connectivity index (χ2n) is 7.12. The van der Waals surface area contributed by atoms with Crippen molar-refractivity contribution in [3.63, 3.8) is 0 Å². The Labute approximate surface area is 172 Å². The van der Waals surface area contributed by atoms with Gasteiger partial charge in [-0.2, -0.15) is 4.57 Å². The first-order chi connectivity index (χ1) is 13.2. The van der Waals surface area contributed by atoms with Gasteiger partial charge in [0.05, 0.1) is 10.8 Å². The zero-order valence-electron chi connectivity index (χ0n) is 16.5. The average Bonchev–Trinajstić information content (AvgIpc) is 2.69. The van der Waals surface area contributed by atoms with Crippen LogP contribution in [0.5, 0.6) is 5.75 Å². The van der Waals surface area contributed by atoms with Crippen molar-refractivity contribution < 1.29 is 21.7 Å². The molecule has 28 heavy (non-hydrogen) atoms. The Hall–Kier alpha value is -2.62. The van der Waals surface area contributed by atoms with Crippen molar-refractivity contribution in [2.24, 2.45) is 7.05 Å². The summed E-state index contributed by atoms with van der Waals surface area (Å²) < 4.78 is 8.44. The largest absolute Gasteiger partial charge is 1.00 e. The number of fused-ring (bicyclic) bond motifs is 2. The van der Waals surface area contributed by atoms with Crippen LogP contribution in [-0.2, 0) is 7.05 Å². The second kappa shape index (κ2) is 8.59. The van der Waals surface area contributed by atoms with E-state index in [1.165, 1.54) is 27.4 Å². The number of benzene rings is 3. The molecule has 4 heteroatoms. The molecule has 0 radical (unpaired) electrons. The van der Waals surface area contributed by atoms with Gasteiger partial charge < -0.3 is 22.0 Å². The molecule has 1 heterocycles. The van der Waals surface area contributed by atoms with Crippen LogP contribution in [0.15, 0.2) is 72.8 Å². The Morgan fingerprint density at radius 2 is 1.50 bits per heavy atom. The minimum atomic E-state index is 0. The van der Waals surface area contributed by atoms with Crippen LogP contribution in [0.25, 0.3) is 32.9 Å². The summed E-state index contributed by atoms with van der Waals surface area (Å²) in [6, 6.07) is 25.6. The van der Waals surface area contributed by atoms with Crippen molar-refractivity contribution in [3.8, 4) is 16.9 Å². The van der Waals surface area contributed by atoms with Gasteiger partial charge in [0.25, 0.3) is 5.52 Å². The first kappa shape index (κ1) is 20.1. The Morgan fingerprint density at radius 1 is 0.821 bits per heavy atom. The number of hydrogen-bond donors (Lipinski definition) is 0. The summed E-state index contributed by atoms with van der Waals surface area (Å²) in [4.78, 5) is 2.13. The molecule has 0 spiro atoms. The third-order valence-corrected chi connectivity index (χ3v) is 5.00. The van der Waals surface area contributed by atoms with E-state index in [4.69, 9.17) is 4.74 Å². The summed E-state index contributed by atoms with van der Waals surface area (Å²) in [6.45, 7) is 1.55. The van der Waals surface area contributed by atoms with Crippen LogP contribution < -0.4 is 21.7 Å². The molecular weight excluding hydrogens is 368 g/mol. The van der Waals surface area contributed by atoms with Crippen molar-refractivity contribution in [1.82, 2.24) is 4.90 Å². The summed E-state index contributed by atoms with van der Waals surface area (Å²) in [5.41, 5.74) is 4.82. The predicted molar refractivity (Wildman–Crippen MR) is 112 cm³/mol. The number of halogens is 1. The van der Waals surface area contributed by atoms with E-state index in [0.717, 1.165) is 17.8 Å². The molecule has 0 saturated heterocycles. The molecule has 0 unspecified atom stereocenters. The number of aryl methyl sites for hydroxylation is 1. The number of likely N-dealkylation sites (N-methyl/N-ethyl adjacent to an activating group) is 1. The maximum atomic E-state index is 6.19. The molecule has 0 fully saturated rings. The zero-order chi connectivity index (χ0) is 18.8. The van der Waals surface area contributed by atoms with Crippen LogP contribution in [0.3, 0.4) is 0 Å². The van der Waals surface area contributed by atoms with E-state index in [-0.39, 0.29) is 12.4 Å². The van der Waals surface area contributed by atoms with Gasteiger partial charge in [-0.15, -0.1) is 0 Å². The van der Waals surface area contributed by atoms with Crippen LogP contribution in [0.4, 0.5) is 0 Å². The Balaban J connectivity index is 0.00000225. The molecular formula is C24H25ClN2O. The van der Waals surface area contributed by atoms with Gasteiger partial charge >= 0.3 is 0 Å². The van der Waals surface area contributed by atoms with Crippen LogP contribution in [0.2, 0.25) is 0 Å². The lowest BCUT2D eigenvalue weighted by Gasteiger charge is -2.14. The van der Waals surface area contributed by atoms with Gasteiger partial charge in [-0.3, -0.25) is 0 Å². The Bertz CT molecular complexity index is 1090. The lowest BCUT2D eigenvalue weighted by atomic mass is 9.95. The summed E-state index contributed by atoms with van der Waals surface area (Å²) in [6.07, 6.45) is 0. The third kappa shape index (κ3) is 3.68. The first-order valence-corrected chi connectivity index (χ1v) is 9.33. The normalized spacial score (nSPS) is 11.0. The van der Waals surface area contributed by atoms with Crippen molar-refractivity contribution in [1.29, 1.82) is 0 Å². The minimum absolute atomic E-state index is 0. The fourth-order valence-electron chi connectivity index (χ4n) is 3.68. The van der Waals surface area contributed by atoms with Crippen LogP contribution in [0.1, 0.15) is 0 Å². The molecule has 144 valence electrons. The van der Waals surface area contributed by atoms with Crippen molar-refractivity contribution in [2.45, 2.75) is 0 Å². The predicted octanol–water partition coefficient (Wildman–Crippen LogP) is 1.43. The number of aromatic nitrogens is 1. The van der Waals surface area contributed by atoms with Gasteiger partial charge in [0.1, 0.15) is 13.7 Å². The highest BCUT2D eigenvalue weighted by Crippen LogP contribution is 2.36. The Morgan fingerprint density at radius 3 is 2.25 bits per heavy atom. The first-order valence-electron chi connectivity index (χ1n) is 9.33. The molecule has 0 aliphatic rings. The van der Waals surface area contributed by atoms with E-state index in [1.54, 1.807) is 0 Å². The smallest absolute Gasteiger partial charge is 0.255 e. The molecule has 1 aromatic heterocycles. The molecule has 0 aliphatic heterocycles. The molecule has 3 nitrogen and oxygen atoms in total. The third-order valence-electron chi connectivity index (χ3n) is 5.00. The second-order valence-corrected chi connectivity index (χ2v) is 7.12. The van der Waals surface area contributed by atoms with Gasteiger partial charge in [0.2, 0.25) is 5.52 Å². The monoisotopic (exact) mass is 392 g/mol. The van der Waals surface area contributed by atoms with Gasteiger partial charge in [-0.1, -0.05) is 48.5 Å². The SMILES string of the molecule is CN(C)CCOc1cccc2c(-c3ccccc3)c3ccccc3[n+](C)c12.[Cl-]. The number of pyridine rings is 1. The highest BCUT2D eigenvalue weighted by Gasteiger charge is 2.22. The molecule has 0 N–H and O–H groups in total. The molecule has 0 amide bonds. The number of hydrogen-bond acceptors (Lipinski definition) is 2. The quantitative estimate of drug-likeness (QED) is 0.377. The summed E-state index contributed by atoms with van der Waals surface area (Å²) in [5.74, 6) is 0.930. The summed E-state index contributed by atoms with van der Waals surface area (Å²) in [5, 5.41) is 2.47. The number of para-hydroxylation sites is 2. The maximum Gasteiger partial charge on any atom is 0.255 e. The summed E-state index contributed by atoms with van der Waals surface area (Å²) in [7, 11) is 6.25. The van der Waals surface area contributed by atoms with E-state index in [0.29, 0.717) is 6.61 Å². The zero-order valence-corrected chi connectivity index (χ0v) is 17.3. The lowest BCUT2D eigenvalue weighted by molar-refractivity contribution is -0.617. The highest BCUT2D eigenvalue weighted by atomic mass is 35.5. The standard InChI is InChI=1S/C24H25N2O.ClH/c1-25(2)16-17-27-22-15-9-13-20-23(18-10-5-4-6-11-18)19-12-7-8-14-21(19)26(3)24(20)22;/h4-15H,16-17H2,1-3H3;1H/q+1;/p-1. The van der Waals surface area contributed by atoms with Crippen molar-refractivity contribution >= 4 is 21.8 Å². The van der Waals surface area contributed by atoms with Crippen molar-refractivity contribution in [2.75, 3.05) is 27.2 Å². The number of ether oxygens (including phenoxy) is 1. The highest BCUT2D eigenvalue weighted by molar-refractivity contribution is 6.08. The molecule has 0 saturated carbocycles. The molecule has 0 atom stereocenters. The summed E-state index contributed by atoms with van der Waals surface area (Å²) >= 11 is 0. The Kier molecular flexibility index (Phi) is 6.18. The van der Waals surface area contributed by atoms with Crippen LogP contribution in [-0.4, -0.2) is 32.1 Å². The van der Waals surface area contributed by atoms with Crippen LogP contribution >= 0.6 is 0 Å². The van der Waals surface area contributed by atoms with E-state index in [9.17, 15) is 0 Å². The topological polar surface area (TPSA) is 16.4 Å². The molecule has 3 aromatic carbocycles. The van der Waals surface area contributed by atoms with Gasteiger partial charge in [-0.25, -0.2) is 0 Å². The van der Waals surface area contributed by atoms with E-state index < -0.39 is 0 Å². The van der Waals surface area contributed by atoms with E-state index in [1.807, 2.05) is 0 Å². The average molecular weight is 393 g/mol. The van der Waals surface area contributed by atoms with Crippen molar-refractivity contribution in [3.05, 3.63) is 72.8 Å². The van der Waals surface area contributed by atoms with Crippen LogP contribution in [0, 0.1) is 0 Å².